The molecule has 0 saturated carbocycles. The molecule has 0 heterocycles. The number of ether oxygens (including phenoxy) is 1. The number of hydrogen-bond donors (Lipinski definition) is 1. The second kappa shape index (κ2) is 6.16. The number of nitrogens with zero attached hydrogens (tertiary/aromatic N) is 1. The van der Waals surface area contributed by atoms with E-state index in [0.717, 1.165) is 5.56 Å². The van der Waals surface area contributed by atoms with Crippen LogP contribution in [0.3, 0.4) is 0 Å². The fourth-order valence-electron chi connectivity index (χ4n) is 1.84. The third-order valence-electron chi connectivity index (χ3n) is 2.99. The van der Waals surface area contributed by atoms with E-state index in [4.69, 9.17) is 10.5 Å². The van der Waals surface area contributed by atoms with E-state index in [0.29, 0.717) is 11.3 Å². The quantitative estimate of drug-likeness (QED) is 0.669. The summed E-state index contributed by atoms with van der Waals surface area (Å²) in [6.07, 6.45) is 0. The van der Waals surface area contributed by atoms with E-state index in [-0.39, 0.29) is 18.3 Å². The standard InChI is InChI=1S/C15H16N2O3/c1-11(16)12-6-8-14(9-7-12)20-10-13-4-2-3-5-15(13)17(18)19/h2-9,11H,10,16H2,1H3/t11-/m0/s1. The Kier molecular flexibility index (Phi) is 4.32. The molecule has 0 aliphatic rings. The lowest BCUT2D eigenvalue weighted by atomic mass is 10.1. The average Bonchev–Trinajstić information content (AvgIpc) is 2.45. The fraction of sp³-hybridized carbons (Fsp3) is 0.200. The van der Waals surface area contributed by atoms with Crippen LogP contribution in [0, 0.1) is 10.1 Å². The topological polar surface area (TPSA) is 78.4 Å². The SMILES string of the molecule is C[C@H](N)c1ccc(OCc2ccccc2[N+](=O)[O-])cc1. The summed E-state index contributed by atoms with van der Waals surface area (Å²) < 4.78 is 5.57. The highest BCUT2D eigenvalue weighted by Crippen LogP contribution is 2.21. The Morgan fingerprint density at radius 2 is 1.85 bits per heavy atom. The number of para-hydroxylation sites is 1. The summed E-state index contributed by atoms with van der Waals surface area (Å²) in [5, 5.41) is 10.9. The molecule has 0 aliphatic heterocycles. The van der Waals surface area contributed by atoms with Crippen molar-refractivity contribution < 1.29 is 9.66 Å². The minimum absolute atomic E-state index is 0.0285. The summed E-state index contributed by atoms with van der Waals surface area (Å²) in [7, 11) is 0. The lowest BCUT2D eigenvalue weighted by Crippen LogP contribution is -2.04. The van der Waals surface area contributed by atoms with Crippen LogP contribution < -0.4 is 10.5 Å². The normalized spacial score (nSPS) is 11.9. The molecule has 1 atom stereocenters. The maximum atomic E-state index is 10.9. The minimum atomic E-state index is -0.405. The first kappa shape index (κ1) is 14.0. The van der Waals surface area contributed by atoms with Crippen molar-refractivity contribution in [3.63, 3.8) is 0 Å². The van der Waals surface area contributed by atoms with Gasteiger partial charge < -0.3 is 10.5 Å². The zero-order chi connectivity index (χ0) is 14.5. The van der Waals surface area contributed by atoms with Gasteiger partial charge in [0.1, 0.15) is 12.4 Å². The Morgan fingerprint density at radius 1 is 1.20 bits per heavy atom. The maximum absolute atomic E-state index is 10.9. The van der Waals surface area contributed by atoms with Crippen molar-refractivity contribution in [1.82, 2.24) is 0 Å². The summed E-state index contributed by atoms with van der Waals surface area (Å²) in [5.41, 5.74) is 7.40. The van der Waals surface area contributed by atoms with Gasteiger partial charge in [-0.3, -0.25) is 10.1 Å². The molecule has 0 fully saturated rings. The predicted molar refractivity (Wildman–Crippen MR) is 76.5 cm³/mol. The number of nitro benzene ring substituents is 1. The Balaban J connectivity index is 2.07. The Labute approximate surface area is 117 Å². The third kappa shape index (κ3) is 3.33. The maximum Gasteiger partial charge on any atom is 0.276 e. The highest BCUT2D eigenvalue weighted by Gasteiger charge is 2.12. The molecule has 2 rings (SSSR count). The molecule has 5 nitrogen and oxygen atoms in total. The highest BCUT2D eigenvalue weighted by molar-refractivity contribution is 5.39. The van der Waals surface area contributed by atoms with Gasteiger partial charge in [0.15, 0.2) is 0 Å². The average molecular weight is 272 g/mol. The smallest absolute Gasteiger partial charge is 0.276 e. The van der Waals surface area contributed by atoms with Gasteiger partial charge in [-0.05, 0) is 30.7 Å². The van der Waals surface area contributed by atoms with Gasteiger partial charge in [0.2, 0.25) is 0 Å². The van der Waals surface area contributed by atoms with Crippen LogP contribution in [0.2, 0.25) is 0 Å². The van der Waals surface area contributed by atoms with E-state index in [2.05, 4.69) is 0 Å². The van der Waals surface area contributed by atoms with Gasteiger partial charge in [0.25, 0.3) is 5.69 Å². The zero-order valence-corrected chi connectivity index (χ0v) is 11.2. The number of nitrogens with two attached hydrogens (primary N) is 1. The van der Waals surface area contributed by atoms with Gasteiger partial charge in [-0.2, -0.15) is 0 Å². The van der Waals surface area contributed by atoms with Gasteiger partial charge in [0.05, 0.1) is 10.5 Å². The molecule has 0 bridgehead atoms. The van der Waals surface area contributed by atoms with Crippen LogP contribution in [0.1, 0.15) is 24.1 Å². The number of hydrogen-bond acceptors (Lipinski definition) is 4. The van der Waals surface area contributed by atoms with Gasteiger partial charge in [-0.1, -0.05) is 24.3 Å². The molecule has 0 amide bonds. The molecule has 0 unspecified atom stereocenters. The van der Waals surface area contributed by atoms with Crippen LogP contribution >= 0.6 is 0 Å². The monoisotopic (exact) mass is 272 g/mol. The summed E-state index contributed by atoms with van der Waals surface area (Å²) in [6.45, 7) is 2.07. The molecular weight excluding hydrogens is 256 g/mol. The Morgan fingerprint density at radius 3 is 2.45 bits per heavy atom. The van der Waals surface area contributed by atoms with Crippen LogP contribution in [-0.4, -0.2) is 4.92 Å². The third-order valence-corrected chi connectivity index (χ3v) is 2.99. The van der Waals surface area contributed by atoms with E-state index in [1.165, 1.54) is 6.07 Å². The van der Waals surface area contributed by atoms with Crippen LogP contribution in [0.5, 0.6) is 5.75 Å². The largest absolute Gasteiger partial charge is 0.489 e. The van der Waals surface area contributed by atoms with Crippen LogP contribution in [0.25, 0.3) is 0 Å². The van der Waals surface area contributed by atoms with Crippen LogP contribution in [0.4, 0.5) is 5.69 Å². The molecule has 5 heteroatoms. The number of rotatable bonds is 5. The number of benzene rings is 2. The lowest BCUT2D eigenvalue weighted by molar-refractivity contribution is -0.385. The fourth-order valence-corrected chi connectivity index (χ4v) is 1.84. The molecule has 0 aliphatic carbocycles. The molecular formula is C15H16N2O3. The molecule has 0 spiro atoms. The van der Waals surface area contributed by atoms with Crippen molar-refractivity contribution in [3.8, 4) is 5.75 Å². The van der Waals surface area contributed by atoms with Gasteiger partial charge in [0, 0.05) is 12.1 Å². The zero-order valence-electron chi connectivity index (χ0n) is 11.2. The van der Waals surface area contributed by atoms with E-state index in [1.807, 2.05) is 31.2 Å². The Hall–Kier alpha value is -2.40. The minimum Gasteiger partial charge on any atom is -0.489 e. The van der Waals surface area contributed by atoms with Crippen molar-refractivity contribution in [2.45, 2.75) is 19.6 Å². The van der Waals surface area contributed by atoms with E-state index < -0.39 is 4.92 Å². The predicted octanol–water partition coefficient (Wildman–Crippen LogP) is 3.19. The van der Waals surface area contributed by atoms with Crippen LogP contribution in [-0.2, 0) is 6.61 Å². The van der Waals surface area contributed by atoms with Gasteiger partial charge in [-0.25, -0.2) is 0 Å². The first-order chi connectivity index (χ1) is 9.58. The van der Waals surface area contributed by atoms with E-state index in [9.17, 15) is 10.1 Å². The second-order valence-corrected chi connectivity index (χ2v) is 4.53. The summed E-state index contributed by atoms with van der Waals surface area (Å²) >= 11 is 0. The summed E-state index contributed by atoms with van der Waals surface area (Å²) in [6, 6.07) is 13.9. The first-order valence-electron chi connectivity index (χ1n) is 6.28. The van der Waals surface area contributed by atoms with Gasteiger partial charge in [-0.15, -0.1) is 0 Å². The molecule has 2 aromatic rings. The van der Waals surface area contributed by atoms with Crippen molar-refractivity contribution >= 4 is 5.69 Å². The number of nitro groups is 1. The Bertz CT molecular complexity index is 594. The molecule has 20 heavy (non-hydrogen) atoms. The van der Waals surface area contributed by atoms with Crippen molar-refractivity contribution in [1.29, 1.82) is 0 Å². The van der Waals surface area contributed by atoms with Crippen LogP contribution in [0.15, 0.2) is 48.5 Å². The van der Waals surface area contributed by atoms with E-state index in [1.54, 1.807) is 18.2 Å². The highest BCUT2D eigenvalue weighted by atomic mass is 16.6. The summed E-state index contributed by atoms with van der Waals surface area (Å²) in [4.78, 5) is 10.5. The molecule has 2 aromatic carbocycles. The second-order valence-electron chi connectivity index (χ2n) is 4.53. The van der Waals surface area contributed by atoms with E-state index >= 15 is 0 Å². The lowest BCUT2D eigenvalue weighted by Gasteiger charge is -2.09. The first-order valence-corrected chi connectivity index (χ1v) is 6.28. The summed E-state index contributed by atoms with van der Waals surface area (Å²) in [5.74, 6) is 0.660. The van der Waals surface area contributed by atoms with Gasteiger partial charge >= 0.3 is 0 Å². The van der Waals surface area contributed by atoms with Crippen molar-refractivity contribution in [2.75, 3.05) is 0 Å². The molecule has 0 aromatic heterocycles. The molecule has 0 radical (unpaired) electrons. The molecule has 2 N–H and O–H groups in total. The van der Waals surface area contributed by atoms with Crippen molar-refractivity contribution in [3.05, 3.63) is 69.8 Å². The van der Waals surface area contributed by atoms with Crippen molar-refractivity contribution in [2.24, 2.45) is 5.73 Å². The molecule has 104 valence electrons. The molecule has 0 saturated heterocycles.